The standard InChI is InChI=1S/C34H30N3OP/c1-26-21-23-27(24-22-26)34(38)37-33(25-36-32-20-12-11-19-31(32)35)39(28-13-5-2-6-14-28,29-15-7-3-8-16-29)30-17-9-4-10-18-30/h2-25,36H,35H2,1H3/p+1. The minimum Gasteiger partial charge on any atom is -0.397 e. The molecule has 0 aromatic heterocycles. The van der Waals surface area contributed by atoms with Crippen LogP contribution in [0.5, 0.6) is 0 Å². The highest BCUT2D eigenvalue weighted by Crippen LogP contribution is 2.61. The van der Waals surface area contributed by atoms with Gasteiger partial charge in [-0.25, -0.2) is 0 Å². The monoisotopic (exact) mass is 528 g/mol. The van der Waals surface area contributed by atoms with Crippen molar-refractivity contribution in [3.63, 3.8) is 0 Å². The lowest BCUT2D eigenvalue weighted by Crippen LogP contribution is -2.38. The summed E-state index contributed by atoms with van der Waals surface area (Å²) in [5.74, 6) is -0.170. The largest absolute Gasteiger partial charge is 0.397 e. The zero-order valence-electron chi connectivity index (χ0n) is 21.8. The van der Waals surface area contributed by atoms with Gasteiger partial charge in [0.05, 0.1) is 17.6 Å². The molecule has 0 aliphatic heterocycles. The minimum atomic E-state index is -2.57. The van der Waals surface area contributed by atoms with Crippen LogP contribution in [0.4, 0.5) is 11.4 Å². The summed E-state index contributed by atoms with van der Waals surface area (Å²) in [5, 5.41) is 10.1. The maximum atomic E-state index is 13.8. The molecule has 39 heavy (non-hydrogen) atoms. The van der Waals surface area contributed by atoms with Crippen LogP contribution >= 0.6 is 7.26 Å². The Morgan fingerprint density at radius 2 is 1.10 bits per heavy atom. The van der Waals surface area contributed by atoms with Crippen molar-refractivity contribution in [2.24, 2.45) is 0 Å². The molecule has 0 heterocycles. The Bertz CT molecular complexity index is 1470. The molecule has 0 saturated heterocycles. The highest BCUT2D eigenvalue weighted by molar-refractivity contribution is 7.99. The lowest BCUT2D eigenvalue weighted by molar-refractivity contribution is 0.0968. The minimum absolute atomic E-state index is 0.170. The predicted octanol–water partition coefficient (Wildman–Crippen LogP) is 6.21. The number of nitrogen functional groups attached to an aromatic ring is 1. The maximum absolute atomic E-state index is 13.8. The maximum Gasteiger partial charge on any atom is 0.258 e. The molecule has 0 aliphatic rings. The van der Waals surface area contributed by atoms with Crippen LogP contribution in [0.1, 0.15) is 15.9 Å². The van der Waals surface area contributed by atoms with E-state index in [1.165, 1.54) is 0 Å². The molecule has 0 unspecified atom stereocenters. The Hall–Kier alpha value is -4.66. The Balaban J connectivity index is 1.77. The van der Waals surface area contributed by atoms with Crippen molar-refractivity contribution >= 4 is 40.5 Å². The van der Waals surface area contributed by atoms with E-state index < -0.39 is 7.26 Å². The van der Waals surface area contributed by atoms with Crippen LogP contribution in [-0.2, 0) is 0 Å². The first-order chi connectivity index (χ1) is 19.1. The van der Waals surface area contributed by atoms with Crippen LogP contribution in [0.3, 0.4) is 0 Å². The highest BCUT2D eigenvalue weighted by atomic mass is 31.2. The fourth-order valence-electron chi connectivity index (χ4n) is 4.70. The van der Waals surface area contributed by atoms with Gasteiger partial charge < -0.3 is 11.1 Å². The average molecular weight is 529 g/mol. The summed E-state index contributed by atoms with van der Waals surface area (Å²) in [6.45, 7) is 2.01. The van der Waals surface area contributed by atoms with Crippen molar-refractivity contribution < 1.29 is 4.79 Å². The Kier molecular flexibility index (Phi) is 7.86. The number of anilines is 2. The van der Waals surface area contributed by atoms with Gasteiger partial charge in [-0.3, -0.25) is 10.1 Å². The van der Waals surface area contributed by atoms with Crippen molar-refractivity contribution in [2.45, 2.75) is 6.92 Å². The molecule has 192 valence electrons. The van der Waals surface area contributed by atoms with Crippen LogP contribution in [0.2, 0.25) is 0 Å². The van der Waals surface area contributed by atoms with Gasteiger partial charge in [0, 0.05) is 5.56 Å². The molecular formula is C34H31N3OP+. The number of carbonyl (C=O) groups is 1. The van der Waals surface area contributed by atoms with E-state index in [4.69, 9.17) is 5.73 Å². The summed E-state index contributed by atoms with van der Waals surface area (Å²) in [7, 11) is -2.57. The molecule has 0 saturated carbocycles. The van der Waals surface area contributed by atoms with E-state index in [1.807, 2.05) is 79.9 Å². The molecule has 0 fully saturated rings. The Morgan fingerprint density at radius 1 is 0.641 bits per heavy atom. The Labute approximate surface area is 230 Å². The van der Waals surface area contributed by atoms with E-state index in [0.717, 1.165) is 32.6 Å². The predicted molar refractivity (Wildman–Crippen MR) is 166 cm³/mol. The molecular weight excluding hydrogens is 497 g/mol. The van der Waals surface area contributed by atoms with Crippen LogP contribution in [0.15, 0.2) is 151 Å². The molecule has 0 bridgehead atoms. The van der Waals surface area contributed by atoms with Crippen LogP contribution in [0.25, 0.3) is 0 Å². The second kappa shape index (κ2) is 11.8. The smallest absolute Gasteiger partial charge is 0.258 e. The third-order valence-electron chi connectivity index (χ3n) is 6.67. The Morgan fingerprint density at radius 3 is 1.59 bits per heavy atom. The van der Waals surface area contributed by atoms with E-state index in [-0.39, 0.29) is 5.91 Å². The van der Waals surface area contributed by atoms with Gasteiger partial charge in [0.1, 0.15) is 15.9 Å². The number of hydrogen-bond acceptors (Lipinski definition) is 3. The van der Waals surface area contributed by atoms with E-state index in [2.05, 4.69) is 83.4 Å². The topological polar surface area (TPSA) is 67.2 Å². The average Bonchev–Trinajstić information content (AvgIpc) is 2.99. The second-order valence-electron chi connectivity index (χ2n) is 9.26. The van der Waals surface area contributed by atoms with E-state index in [1.54, 1.807) is 0 Å². The van der Waals surface area contributed by atoms with E-state index in [0.29, 0.717) is 11.3 Å². The van der Waals surface area contributed by atoms with Crippen molar-refractivity contribution in [3.05, 3.63) is 162 Å². The lowest BCUT2D eigenvalue weighted by atomic mass is 10.1. The number of amides is 1. The first kappa shape index (κ1) is 26.0. The van der Waals surface area contributed by atoms with Crippen molar-refractivity contribution in [1.82, 2.24) is 5.32 Å². The van der Waals surface area contributed by atoms with Crippen LogP contribution in [-0.4, -0.2) is 5.91 Å². The number of aryl methyl sites for hydroxylation is 1. The second-order valence-corrected chi connectivity index (χ2v) is 12.6. The molecule has 0 radical (unpaired) electrons. The molecule has 0 aliphatic carbocycles. The summed E-state index contributed by atoms with van der Waals surface area (Å²) >= 11 is 0. The van der Waals surface area contributed by atoms with Crippen molar-refractivity contribution in [3.8, 4) is 0 Å². The van der Waals surface area contributed by atoms with E-state index in [9.17, 15) is 4.79 Å². The quantitative estimate of drug-likeness (QED) is 0.166. The number of rotatable bonds is 8. The summed E-state index contributed by atoms with van der Waals surface area (Å²) in [5.41, 5.74) is 10.2. The SMILES string of the molecule is Cc1ccc(C(=O)NC(=CNc2ccccc2N)[P+](c2ccccc2)(c2ccccc2)c2ccccc2)cc1. The number of hydrogen-bond donors (Lipinski definition) is 3. The van der Waals surface area contributed by atoms with Crippen molar-refractivity contribution in [1.29, 1.82) is 0 Å². The van der Waals surface area contributed by atoms with Gasteiger partial charge in [0.15, 0.2) is 12.7 Å². The van der Waals surface area contributed by atoms with Gasteiger partial charge in [0.25, 0.3) is 5.91 Å². The lowest BCUT2D eigenvalue weighted by Gasteiger charge is -2.29. The number of benzene rings is 5. The normalized spacial score (nSPS) is 11.6. The van der Waals surface area contributed by atoms with Gasteiger partial charge in [-0.2, -0.15) is 0 Å². The molecule has 5 rings (SSSR count). The van der Waals surface area contributed by atoms with Gasteiger partial charge >= 0.3 is 0 Å². The third-order valence-corrected chi connectivity index (χ3v) is 10.9. The van der Waals surface area contributed by atoms with Gasteiger partial charge in [-0.1, -0.05) is 84.4 Å². The molecule has 0 atom stereocenters. The zero-order valence-corrected chi connectivity index (χ0v) is 22.7. The fourth-order valence-corrected chi connectivity index (χ4v) is 8.82. The molecule has 4 nitrogen and oxygen atoms in total. The fraction of sp³-hybridized carbons (Fsp3) is 0.0294. The molecule has 5 heteroatoms. The van der Waals surface area contributed by atoms with Gasteiger partial charge in [-0.05, 0) is 67.6 Å². The third kappa shape index (κ3) is 5.47. The number of para-hydroxylation sites is 2. The van der Waals surface area contributed by atoms with Crippen LogP contribution in [0, 0.1) is 6.92 Å². The number of nitrogens with one attached hydrogen (secondary N) is 2. The molecule has 0 spiro atoms. The molecule has 5 aromatic carbocycles. The number of carbonyl (C=O) groups excluding carboxylic acids is 1. The summed E-state index contributed by atoms with van der Waals surface area (Å²) in [6, 6.07) is 46.5. The summed E-state index contributed by atoms with van der Waals surface area (Å²) in [6.07, 6.45) is 1.92. The first-order valence-corrected chi connectivity index (χ1v) is 14.6. The van der Waals surface area contributed by atoms with Gasteiger partial charge in [-0.15, -0.1) is 0 Å². The van der Waals surface area contributed by atoms with Crippen molar-refractivity contribution in [2.75, 3.05) is 11.1 Å². The zero-order chi connectivity index (χ0) is 27.1. The summed E-state index contributed by atoms with van der Waals surface area (Å²) in [4.78, 5) is 13.8. The highest BCUT2D eigenvalue weighted by Gasteiger charge is 2.50. The van der Waals surface area contributed by atoms with E-state index >= 15 is 0 Å². The molecule has 1 amide bonds. The molecule has 5 aromatic rings. The van der Waals surface area contributed by atoms with Crippen LogP contribution < -0.4 is 32.3 Å². The molecule has 4 N–H and O–H groups in total. The number of nitrogens with two attached hydrogens (primary N) is 1. The first-order valence-electron chi connectivity index (χ1n) is 12.8. The van der Waals surface area contributed by atoms with Gasteiger partial charge in [0.2, 0.25) is 0 Å². The summed E-state index contributed by atoms with van der Waals surface area (Å²) < 4.78 is 0.